The van der Waals surface area contributed by atoms with Crippen LogP contribution in [0.15, 0.2) is 36.7 Å². The first-order valence-corrected chi connectivity index (χ1v) is 7.49. The largest absolute Gasteiger partial charge is 0.371 e. The molecule has 4 rings (SSSR count). The van der Waals surface area contributed by atoms with Crippen LogP contribution in [0.2, 0.25) is 0 Å². The number of benzene rings is 1. The first-order chi connectivity index (χ1) is 9.40. The summed E-state index contributed by atoms with van der Waals surface area (Å²) in [6.07, 6.45) is 9.69. The van der Waals surface area contributed by atoms with Crippen LogP contribution >= 0.6 is 0 Å². The lowest BCUT2D eigenvalue weighted by Crippen LogP contribution is -2.49. The molecule has 2 aromatic rings. The summed E-state index contributed by atoms with van der Waals surface area (Å²) in [7, 11) is 0. The Balaban J connectivity index is 1.50. The standard InChI is InChI=1S/C17H20N2/c1-2-4-13(3-1)16-11-19(12-16)17-6-5-15-10-18-8-7-14(15)9-17/h5-10,13,16H,1-4,11-12H2. The molecule has 1 aromatic heterocycles. The van der Waals surface area contributed by atoms with Crippen LogP contribution in [-0.2, 0) is 0 Å². The number of pyridine rings is 1. The average molecular weight is 252 g/mol. The Hall–Kier alpha value is -1.57. The van der Waals surface area contributed by atoms with Gasteiger partial charge < -0.3 is 4.90 Å². The second-order valence-electron chi connectivity index (χ2n) is 6.12. The highest BCUT2D eigenvalue weighted by molar-refractivity contribution is 5.85. The van der Waals surface area contributed by atoms with Crippen molar-refractivity contribution in [3.63, 3.8) is 0 Å². The van der Waals surface area contributed by atoms with E-state index in [0.29, 0.717) is 0 Å². The van der Waals surface area contributed by atoms with E-state index >= 15 is 0 Å². The zero-order valence-corrected chi connectivity index (χ0v) is 11.3. The summed E-state index contributed by atoms with van der Waals surface area (Å²) in [6, 6.07) is 8.85. The molecule has 0 N–H and O–H groups in total. The zero-order chi connectivity index (χ0) is 12.7. The van der Waals surface area contributed by atoms with Gasteiger partial charge in [-0.15, -0.1) is 0 Å². The lowest BCUT2D eigenvalue weighted by molar-refractivity contribution is 0.277. The molecule has 2 heterocycles. The van der Waals surface area contributed by atoms with Crippen molar-refractivity contribution in [2.75, 3.05) is 18.0 Å². The number of aromatic nitrogens is 1. The first-order valence-electron chi connectivity index (χ1n) is 7.49. The van der Waals surface area contributed by atoms with Crippen molar-refractivity contribution in [2.24, 2.45) is 11.8 Å². The molecular weight excluding hydrogens is 232 g/mol. The highest BCUT2D eigenvalue weighted by Crippen LogP contribution is 2.38. The SMILES string of the molecule is c1cc2cc(N3CC(C4CCCC4)C3)ccc2cn1. The van der Waals surface area contributed by atoms with E-state index in [4.69, 9.17) is 0 Å². The molecule has 0 spiro atoms. The predicted octanol–water partition coefficient (Wildman–Crippen LogP) is 3.86. The smallest absolute Gasteiger partial charge is 0.0372 e. The molecule has 0 amide bonds. The first kappa shape index (κ1) is 11.3. The molecule has 1 aliphatic carbocycles. The molecule has 0 atom stereocenters. The summed E-state index contributed by atoms with van der Waals surface area (Å²) in [5, 5.41) is 2.54. The van der Waals surface area contributed by atoms with E-state index in [9.17, 15) is 0 Å². The number of rotatable bonds is 2. The van der Waals surface area contributed by atoms with E-state index in [0.717, 1.165) is 11.8 Å². The van der Waals surface area contributed by atoms with E-state index in [1.54, 1.807) is 0 Å². The van der Waals surface area contributed by atoms with Gasteiger partial charge in [0.1, 0.15) is 0 Å². The number of fused-ring (bicyclic) bond motifs is 1. The van der Waals surface area contributed by atoms with Gasteiger partial charge in [-0.3, -0.25) is 4.98 Å². The summed E-state index contributed by atoms with van der Waals surface area (Å²) in [4.78, 5) is 6.70. The monoisotopic (exact) mass is 252 g/mol. The topological polar surface area (TPSA) is 16.1 Å². The molecule has 0 unspecified atom stereocenters. The molecule has 2 nitrogen and oxygen atoms in total. The zero-order valence-electron chi connectivity index (χ0n) is 11.3. The van der Waals surface area contributed by atoms with Gasteiger partial charge in [0.25, 0.3) is 0 Å². The van der Waals surface area contributed by atoms with Gasteiger partial charge in [-0.25, -0.2) is 0 Å². The van der Waals surface area contributed by atoms with E-state index in [1.807, 2.05) is 12.4 Å². The van der Waals surface area contributed by atoms with Gasteiger partial charge in [0.2, 0.25) is 0 Å². The fraction of sp³-hybridized carbons (Fsp3) is 0.471. The van der Waals surface area contributed by atoms with E-state index in [2.05, 4.69) is 34.1 Å². The van der Waals surface area contributed by atoms with Crippen molar-refractivity contribution < 1.29 is 0 Å². The summed E-state index contributed by atoms with van der Waals surface area (Å²) >= 11 is 0. The van der Waals surface area contributed by atoms with Gasteiger partial charge in [0.05, 0.1) is 0 Å². The fourth-order valence-corrected chi connectivity index (χ4v) is 3.72. The van der Waals surface area contributed by atoms with Crippen LogP contribution in [0.3, 0.4) is 0 Å². The van der Waals surface area contributed by atoms with Crippen LogP contribution in [0.25, 0.3) is 10.8 Å². The maximum absolute atomic E-state index is 4.17. The summed E-state index contributed by atoms with van der Waals surface area (Å²) < 4.78 is 0. The van der Waals surface area contributed by atoms with E-state index in [-0.39, 0.29) is 0 Å². The van der Waals surface area contributed by atoms with Crippen LogP contribution in [0.1, 0.15) is 25.7 Å². The van der Waals surface area contributed by atoms with E-state index in [1.165, 1.54) is 55.2 Å². The van der Waals surface area contributed by atoms with Gasteiger partial charge >= 0.3 is 0 Å². The minimum Gasteiger partial charge on any atom is -0.371 e. The lowest BCUT2D eigenvalue weighted by Gasteiger charge is -2.44. The third kappa shape index (κ3) is 1.99. The van der Waals surface area contributed by atoms with Gasteiger partial charge in [-0.1, -0.05) is 31.7 Å². The number of hydrogen-bond acceptors (Lipinski definition) is 2. The second kappa shape index (κ2) is 4.52. The molecule has 1 aromatic carbocycles. The Morgan fingerprint density at radius 1 is 0.947 bits per heavy atom. The van der Waals surface area contributed by atoms with Crippen molar-refractivity contribution in [3.8, 4) is 0 Å². The van der Waals surface area contributed by atoms with Crippen LogP contribution in [0.5, 0.6) is 0 Å². The van der Waals surface area contributed by atoms with Crippen molar-refractivity contribution in [2.45, 2.75) is 25.7 Å². The quantitative estimate of drug-likeness (QED) is 0.806. The fourth-order valence-electron chi connectivity index (χ4n) is 3.72. The Morgan fingerprint density at radius 3 is 2.63 bits per heavy atom. The molecule has 2 fully saturated rings. The Morgan fingerprint density at radius 2 is 1.79 bits per heavy atom. The van der Waals surface area contributed by atoms with Crippen molar-refractivity contribution in [3.05, 3.63) is 36.7 Å². The molecule has 1 saturated heterocycles. The second-order valence-corrected chi connectivity index (χ2v) is 6.12. The summed E-state index contributed by atoms with van der Waals surface area (Å²) in [6.45, 7) is 2.53. The third-order valence-electron chi connectivity index (χ3n) is 4.97. The van der Waals surface area contributed by atoms with Crippen LogP contribution in [0, 0.1) is 11.8 Å². The van der Waals surface area contributed by atoms with Gasteiger partial charge in [0.15, 0.2) is 0 Å². The minimum atomic E-state index is 0.954. The van der Waals surface area contributed by atoms with Crippen LogP contribution in [-0.4, -0.2) is 18.1 Å². The molecule has 2 heteroatoms. The van der Waals surface area contributed by atoms with Gasteiger partial charge in [-0.2, -0.15) is 0 Å². The predicted molar refractivity (Wildman–Crippen MR) is 79.4 cm³/mol. The Labute approximate surface area is 114 Å². The molecule has 1 aliphatic heterocycles. The highest BCUT2D eigenvalue weighted by Gasteiger charge is 2.34. The van der Waals surface area contributed by atoms with Gasteiger partial charge in [-0.05, 0) is 35.4 Å². The normalized spacial score (nSPS) is 20.9. The third-order valence-corrected chi connectivity index (χ3v) is 4.97. The van der Waals surface area contributed by atoms with Crippen LogP contribution in [0.4, 0.5) is 5.69 Å². The lowest BCUT2D eigenvalue weighted by atomic mass is 9.84. The number of nitrogens with zero attached hydrogens (tertiary/aromatic N) is 2. The molecular formula is C17H20N2. The van der Waals surface area contributed by atoms with E-state index < -0.39 is 0 Å². The minimum absolute atomic E-state index is 0.954. The van der Waals surface area contributed by atoms with Gasteiger partial charge in [0, 0.05) is 36.6 Å². The molecule has 1 saturated carbocycles. The molecule has 0 bridgehead atoms. The number of hydrogen-bond donors (Lipinski definition) is 0. The van der Waals surface area contributed by atoms with Crippen molar-refractivity contribution in [1.82, 2.24) is 4.98 Å². The Bertz CT molecular complexity index is 581. The molecule has 0 radical (unpaired) electrons. The highest BCUT2D eigenvalue weighted by atomic mass is 15.2. The maximum atomic E-state index is 4.17. The molecule has 98 valence electrons. The Kier molecular flexibility index (Phi) is 2.68. The average Bonchev–Trinajstić information content (AvgIpc) is 2.91. The van der Waals surface area contributed by atoms with Crippen molar-refractivity contribution >= 4 is 16.5 Å². The summed E-state index contributed by atoms with van der Waals surface area (Å²) in [5.41, 5.74) is 1.38. The molecule has 2 aliphatic rings. The summed E-state index contributed by atoms with van der Waals surface area (Å²) in [5.74, 6) is 1.97. The van der Waals surface area contributed by atoms with Crippen molar-refractivity contribution in [1.29, 1.82) is 0 Å². The van der Waals surface area contributed by atoms with Crippen LogP contribution < -0.4 is 4.90 Å². The molecule has 19 heavy (non-hydrogen) atoms. The maximum Gasteiger partial charge on any atom is 0.0372 e. The number of anilines is 1.